The monoisotopic (exact) mass is 524 g/mol. The Morgan fingerprint density at radius 3 is 1.13 bits per heavy atom. The SMILES string of the molecule is CCCCCc1ccc(CCCCC)c2c1C=C(CC1=Cc3c(CCCCC)ccc(CCCCC)c3C1)C2. The second kappa shape index (κ2) is 15.6. The van der Waals surface area contributed by atoms with Gasteiger partial charge in [0.2, 0.25) is 0 Å². The first-order valence-corrected chi connectivity index (χ1v) is 16.8. The van der Waals surface area contributed by atoms with E-state index in [9.17, 15) is 0 Å². The van der Waals surface area contributed by atoms with Crippen LogP contribution in [0.15, 0.2) is 35.4 Å². The molecule has 2 aliphatic carbocycles. The van der Waals surface area contributed by atoms with E-state index in [0.29, 0.717) is 0 Å². The normalized spacial score (nSPS) is 13.9. The predicted molar refractivity (Wildman–Crippen MR) is 174 cm³/mol. The summed E-state index contributed by atoms with van der Waals surface area (Å²) >= 11 is 0. The Labute approximate surface area is 241 Å². The van der Waals surface area contributed by atoms with Gasteiger partial charge in [0.05, 0.1) is 0 Å². The molecule has 0 atom stereocenters. The van der Waals surface area contributed by atoms with E-state index >= 15 is 0 Å². The van der Waals surface area contributed by atoms with Crippen LogP contribution < -0.4 is 0 Å². The topological polar surface area (TPSA) is 0 Å². The van der Waals surface area contributed by atoms with E-state index < -0.39 is 0 Å². The van der Waals surface area contributed by atoms with Crippen molar-refractivity contribution < 1.29 is 0 Å². The van der Waals surface area contributed by atoms with Crippen molar-refractivity contribution in [1.82, 2.24) is 0 Å². The van der Waals surface area contributed by atoms with Crippen molar-refractivity contribution in [3.63, 3.8) is 0 Å². The van der Waals surface area contributed by atoms with Gasteiger partial charge in [0, 0.05) is 0 Å². The van der Waals surface area contributed by atoms with Gasteiger partial charge in [-0.15, -0.1) is 0 Å². The molecule has 0 amide bonds. The molecule has 212 valence electrons. The standard InChI is InChI=1S/C39H56/c1-5-9-13-17-32-21-22-33(18-14-10-6-2)37-27-30(26-36(32)37)25-31-28-38-34(19-15-11-7-3)23-24-35(39(38)29-31)20-16-12-8-4/h21-24,26,28H,5-20,25,27,29H2,1-4H3. The molecule has 2 aromatic carbocycles. The maximum absolute atomic E-state index is 2.62. The molecule has 0 nitrogen and oxygen atoms in total. The van der Waals surface area contributed by atoms with Gasteiger partial charge < -0.3 is 0 Å². The molecule has 0 bridgehead atoms. The molecule has 0 saturated heterocycles. The summed E-state index contributed by atoms with van der Waals surface area (Å²) in [5, 5.41) is 0. The van der Waals surface area contributed by atoms with Crippen LogP contribution in [0.5, 0.6) is 0 Å². The van der Waals surface area contributed by atoms with E-state index in [4.69, 9.17) is 0 Å². The number of fused-ring (bicyclic) bond motifs is 2. The van der Waals surface area contributed by atoms with Crippen molar-refractivity contribution in [3.05, 3.63) is 79.9 Å². The van der Waals surface area contributed by atoms with Gasteiger partial charge in [0.25, 0.3) is 0 Å². The summed E-state index contributed by atoms with van der Waals surface area (Å²) in [6.07, 6.45) is 29.6. The third-order valence-electron chi connectivity index (χ3n) is 9.25. The lowest BCUT2D eigenvalue weighted by Gasteiger charge is -2.14. The quantitative estimate of drug-likeness (QED) is 0.170. The Balaban J connectivity index is 1.53. The van der Waals surface area contributed by atoms with Gasteiger partial charge in [-0.25, -0.2) is 0 Å². The smallest absolute Gasteiger partial charge is 0.00518 e. The van der Waals surface area contributed by atoms with E-state index in [2.05, 4.69) is 64.1 Å². The van der Waals surface area contributed by atoms with Gasteiger partial charge in [-0.3, -0.25) is 0 Å². The highest BCUT2D eigenvalue weighted by Gasteiger charge is 2.24. The number of hydrogen-bond donors (Lipinski definition) is 0. The van der Waals surface area contributed by atoms with E-state index in [0.717, 1.165) is 6.42 Å². The van der Waals surface area contributed by atoms with E-state index in [1.807, 2.05) is 0 Å². The van der Waals surface area contributed by atoms with Crippen LogP contribution in [0.1, 0.15) is 156 Å². The minimum Gasteiger partial charge on any atom is -0.0654 e. The molecule has 0 heteroatoms. The third kappa shape index (κ3) is 7.99. The van der Waals surface area contributed by atoms with Crippen LogP contribution >= 0.6 is 0 Å². The number of aryl methyl sites for hydroxylation is 4. The maximum Gasteiger partial charge on any atom is -0.00518 e. The molecule has 0 spiro atoms. The van der Waals surface area contributed by atoms with Gasteiger partial charge >= 0.3 is 0 Å². The van der Waals surface area contributed by atoms with Crippen molar-refractivity contribution in [2.45, 2.75) is 150 Å². The van der Waals surface area contributed by atoms with E-state index in [-0.39, 0.29) is 0 Å². The Hall–Kier alpha value is -2.08. The Kier molecular flexibility index (Phi) is 12.0. The minimum absolute atomic E-state index is 1.16. The Morgan fingerprint density at radius 1 is 0.436 bits per heavy atom. The number of rotatable bonds is 18. The summed E-state index contributed by atoms with van der Waals surface area (Å²) in [4.78, 5) is 0. The van der Waals surface area contributed by atoms with Gasteiger partial charge in [-0.1, -0.05) is 127 Å². The van der Waals surface area contributed by atoms with Crippen LogP contribution in [-0.2, 0) is 38.5 Å². The van der Waals surface area contributed by atoms with Gasteiger partial charge in [-0.2, -0.15) is 0 Å². The summed E-state index contributed by atoms with van der Waals surface area (Å²) < 4.78 is 0. The van der Waals surface area contributed by atoms with Gasteiger partial charge in [0.15, 0.2) is 0 Å². The fraction of sp³-hybridized carbons (Fsp3) is 0.590. The molecule has 0 N–H and O–H groups in total. The summed E-state index contributed by atoms with van der Waals surface area (Å²) in [5.41, 5.74) is 16.3. The summed E-state index contributed by atoms with van der Waals surface area (Å²) in [7, 11) is 0. The summed E-state index contributed by atoms with van der Waals surface area (Å²) in [6.45, 7) is 9.27. The average Bonchev–Trinajstić information content (AvgIpc) is 3.56. The second-order valence-corrected chi connectivity index (χ2v) is 12.5. The first kappa shape index (κ1) is 29.9. The molecular formula is C39H56. The number of unbranched alkanes of at least 4 members (excludes halogenated alkanes) is 8. The second-order valence-electron chi connectivity index (χ2n) is 12.5. The van der Waals surface area contributed by atoms with Crippen molar-refractivity contribution in [3.8, 4) is 0 Å². The molecule has 0 saturated carbocycles. The van der Waals surface area contributed by atoms with Crippen molar-refractivity contribution >= 4 is 12.2 Å². The highest BCUT2D eigenvalue weighted by Crippen LogP contribution is 2.39. The fourth-order valence-electron chi connectivity index (χ4n) is 6.94. The maximum atomic E-state index is 2.62. The zero-order valence-corrected chi connectivity index (χ0v) is 25.9. The lowest BCUT2D eigenvalue weighted by molar-refractivity contribution is 0.708. The van der Waals surface area contributed by atoms with Gasteiger partial charge in [-0.05, 0) is 115 Å². The predicted octanol–water partition coefficient (Wildman–Crippen LogP) is 11.6. The molecule has 0 heterocycles. The zero-order chi connectivity index (χ0) is 27.5. The molecule has 0 aliphatic heterocycles. The Morgan fingerprint density at radius 2 is 0.769 bits per heavy atom. The number of hydrogen-bond acceptors (Lipinski definition) is 0. The highest BCUT2D eigenvalue weighted by molar-refractivity contribution is 5.73. The zero-order valence-electron chi connectivity index (χ0n) is 25.9. The molecule has 4 rings (SSSR count). The lowest BCUT2D eigenvalue weighted by Crippen LogP contribution is -2.00. The summed E-state index contributed by atoms with van der Waals surface area (Å²) in [5.74, 6) is 0. The van der Waals surface area contributed by atoms with E-state index in [1.165, 1.54) is 116 Å². The van der Waals surface area contributed by atoms with Crippen LogP contribution in [0, 0.1) is 0 Å². The van der Waals surface area contributed by atoms with Crippen LogP contribution in [0.3, 0.4) is 0 Å². The van der Waals surface area contributed by atoms with Crippen LogP contribution in [-0.4, -0.2) is 0 Å². The lowest BCUT2D eigenvalue weighted by atomic mass is 9.91. The molecule has 39 heavy (non-hydrogen) atoms. The minimum atomic E-state index is 1.16. The van der Waals surface area contributed by atoms with Crippen LogP contribution in [0.4, 0.5) is 0 Å². The molecule has 0 unspecified atom stereocenters. The van der Waals surface area contributed by atoms with Gasteiger partial charge in [0.1, 0.15) is 0 Å². The van der Waals surface area contributed by atoms with Crippen LogP contribution in [0.2, 0.25) is 0 Å². The summed E-state index contributed by atoms with van der Waals surface area (Å²) in [6, 6.07) is 9.93. The molecule has 2 aliphatic rings. The third-order valence-corrected chi connectivity index (χ3v) is 9.25. The number of benzene rings is 2. The van der Waals surface area contributed by atoms with E-state index in [1.54, 1.807) is 55.7 Å². The highest BCUT2D eigenvalue weighted by atomic mass is 14.3. The van der Waals surface area contributed by atoms with Crippen molar-refractivity contribution in [2.24, 2.45) is 0 Å². The van der Waals surface area contributed by atoms with Crippen LogP contribution in [0.25, 0.3) is 12.2 Å². The molecular weight excluding hydrogens is 468 g/mol. The number of allylic oxidation sites excluding steroid dienone is 2. The molecule has 0 radical (unpaired) electrons. The largest absolute Gasteiger partial charge is 0.0654 e. The molecule has 0 aromatic heterocycles. The molecule has 0 fully saturated rings. The molecule has 2 aromatic rings. The van der Waals surface area contributed by atoms with Crippen molar-refractivity contribution in [2.75, 3.05) is 0 Å². The fourth-order valence-corrected chi connectivity index (χ4v) is 6.94. The van der Waals surface area contributed by atoms with Crippen molar-refractivity contribution in [1.29, 1.82) is 0 Å². The average molecular weight is 525 g/mol. The Bertz CT molecular complexity index is 1040. The first-order chi connectivity index (χ1) is 19.2. The first-order valence-electron chi connectivity index (χ1n) is 16.8.